The number of amides is 1. The van der Waals surface area contributed by atoms with Crippen molar-refractivity contribution in [2.75, 3.05) is 0 Å². The van der Waals surface area contributed by atoms with Crippen LogP contribution in [0.4, 0.5) is 0 Å². The van der Waals surface area contributed by atoms with E-state index >= 15 is 0 Å². The monoisotopic (exact) mass is 238 g/mol. The summed E-state index contributed by atoms with van der Waals surface area (Å²) in [5.74, 6) is 0.164. The number of hydrogen-bond donors (Lipinski definition) is 2. The van der Waals surface area contributed by atoms with E-state index in [4.69, 9.17) is 5.73 Å². The minimum Gasteiger partial charge on any atom is -0.353 e. The van der Waals surface area contributed by atoms with E-state index in [9.17, 15) is 4.79 Å². The maximum Gasteiger partial charge on any atom is 0.222 e. The van der Waals surface area contributed by atoms with Gasteiger partial charge in [0.1, 0.15) is 0 Å². The molecule has 0 aromatic carbocycles. The fourth-order valence-electron chi connectivity index (χ4n) is 3.41. The third-order valence-corrected chi connectivity index (χ3v) is 4.45. The third-order valence-electron chi connectivity index (χ3n) is 4.45. The Hall–Kier alpha value is -0.570. The van der Waals surface area contributed by atoms with Gasteiger partial charge in [0.05, 0.1) is 0 Å². The minimum absolute atomic E-state index is 0.164. The molecule has 0 heterocycles. The van der Waals surface area contributed by atoms with Crippen molar-refractivity contribution in [3.63, 3.8) is 0 Å². The molecule has 2 fully saturated rings. The van der Waals surface area contributed by atoms with Gasteiger partial charge in [-0.3, -0.25) is 4.79 Å². The van der Waals surface area contributed by atoms with Crippen molar-refractivity contribution in [1.29, 1.82) is 0 Å². The molecule has 0 aliphatic heterocycles. The number of hydrogen-bond acceptors (Lipinski definition) is 2. The first-order valence-electron chi connectivity index (χ1n) is 6.97. The Morgan fingerprint density at radius 3 is 2.47 bits per heavy atom. The molecule has 3 N–H and O–H groups in total. The van der Waals surface area contributed by atoms with Crippen LogP contribution in [-0.2, 0) is 4.79 Å². The van der Waals surface area contributed by atoms with Gasteiger partial charge in [-0.15, -0.1) is 0 Å². The highest BCUT2D eigenvalue weighted by Gasteiger charge is 2.35. The molecule has 1 unspecified atom stereocenters. The van der Waals surface area contributed by atoms with Gasteiger partial charge in [-0.25, -0.2) is 0 Å². The van der Waals surface area contributed by atoms with E-state index < -0.39 is 0 Å². The van der Waals surface area contributed by atoms with Gasteiger partial charge < -0.3 is 11.1 Å². The standard InChI is InChI=1S/C14H26N2O/c1-13(2)8-5-11(9-13)16-12(17)10-14(15)6-3-4-7-14/h11H,3-10,15H2,1-2H3,(H,16,17). The number of carbonyl (C=O) groups excluding carboxylic acids is 1. The normalized spacial score (nSPS) is 30.4. The van der Waals surface area contributed by atoms with Gasteiger partial charge in [0.15, 0.2) is 0 Å². The van der Waals surface area contributed by atoms with E-state index in [2.05, 4.69) is 19.2 Å². The number of nitrogens with two attached hydrogens (primary N) is 1. The second kappa shape index (κ2) is 4.60. The van der Waals surface area contributed by atoms with E-state index in [0.29, 0.717) is 17.9 Å². The van der Waals surface area contributed by atoms with Crippen molar-refractivity contribution in [3.8, 4) is 0 Å². The first kappa shape index (κ1) is 12.9. The lowest BCUT2D eigenvalue weighted by atomic mass is 9.91. The molecule has 1 amide bonds. The molecular weight excluding hydrogens is 212 g/mol. The molecular formula is C14H26N2O. The summed E-state index contributed by atoms with van der Waals surface area (Å²) in [6, 6.07) is 0.377. The zero-order chi connectivity index (χ0) is 12.5. The molecule has 0 saturated heterocycles. The molecule has 0 spiro atoms. The van der Waals surface area contributed by atoms with Crippen LogP contribution in [0.2, 0.25) is 0 Å². The summed E-state index contributed by atoms with van der Waals surface area (Å²) in [6.45, 7) is 4.56. The van der Waals surface area contributed by atoms with Crippen molar-refractivity contribution in [2.45, 2.75) is 76.8 Å². The molecule has 0 radical (unpaired) electrons. The molecule has 2 rings (SSSR count). The number of carbonyl (C=O) groups is 1. The van der Waals surface area contributed by atoms with Gasteiger partial charge in [0.25, 0.3) is 0 Å². The predicted octanol–water partition coefficient (Wildman–Crippen LogP) is 2.34. The molecule has 3 heteroatoms. The summed E-state index contributed by atoms with van der Waals surface area (Å²) in [5.41, 5.74) is 6.41. The minimum atomic E-state index is -0.210. The largest absolute Gasteiger partial charge is 0.353 e. The fourth-order valence-corrected chi connectivity index (χ4v) is 3.41. The van der Waals surface area contributed by atoms with E-state index in [0.717, 1.165) is 25.7 Å². The van der Waals surface area contributed by atoms with Crippen molar-refractivity contribution in [1.82, 2.24) is 5.32 Å². The average Bonchev–Trinajstić information content (AvgIpc) is 2.73. The van der Waals surface area contributed by atoms with E-state index in [-0.39, 0.29) is 11.4 Å². The van der Waals surface area contributed by atoms with Crippen LogP contribution < -0.4 is 11.1 Å². The number of nitrogens with one attached hydrogen (secondary N) is 1. The highest BCUT2D eigenvalue weighted by atomic mass is 16.1. The maximum absolute atomic E-state index is 12.0. The van der Waals surface area contributed by atoms with E-state index in [1.165, 1.54) is 19.3 Å². The zero-order valence-corrected chi connectivity index (χ0v) is 11.2. The second-order valence-electron chi connectivity index (χ2n) is 6.92. The summed E-state index contributed by atoms with van der Waals surface area (Å²) in [6.07, 6.45) is 8.34. The molecule has 3 nitrogen and oxygen atoms in total. The van der Waals surface area contributed by atoms with Gasteiger partial charge in [0, 0.05) is 18.0 Å². The lowest BCUT2D eigenvalue weighted by Gasteiger charge is -2.24. The topological polar surface area (TPSA) is 55.1 Å². The number of rotatable bonds is 3. The van der Waals surface area contributed by atoms with Crippen molar-refractivity contribution in [3.05, 3.63) is 0 Å². The Morgan fingerprint density at radius 1 is 1.29 bits per heavy atom. The summed E-state index contributed by atoms with van der Waals surface area (Å²) in [5, 5.41) is 3.17. The quantitative estimate of drug-likeness (QED) is 0.793. The molecule has 2 saturated carbocycles. The molecule has 2 aliphatic rings. The van der Waals surface area contributed by atoms with E-state index in [1.54, 1.807) is 0 Å². The Bertz CT molecular complexity index is 293. The molecule has 0 bridgehead atoms. The SMILES string of the molecule is CC1(C)CCC(NC(=O)CC2(N)CCCC2)C1. The highest BCUT2D eigenvalue weighted by molar-refractivity contribution is 5.77. The highest BCUT2D eigenvalue weighted by Crippen LogP contribution is 2.37. The van der Waals surface area contributed by atoms with Crippen LogP contribution >= 0.6 is 0 Å². The van der Waals surface area contributed by atoms with Gasteiger partial charge in [-0.1, -0.05) is 26.7 Å². The van der Waals surface area contributed by atoms with Crippen LogP contribution in [0.5, 0.6) is 0 Å². The second-order valence-corrected chi connectivity index (χ2v) is 6.92. The summed E-state index contributed by atoms with van der Waals surface area (Å²) < 4.78 is 0. The lowest BCUT2D eigenvalue weighted by Crippen LogP contribution is -2.44. The van der Waals surface area contributed by atoms with Crippen LogP contribution in [0.3, 0.4) is 0 Å². The van der Waals surface area contributed by atoms with Gasteiger partial charge in [0.2, 0.25) is 5.91 Å². The molecule has 98 valence electrons. The average molecular weight is 238 g/mol. The van der Waals surface area contributed by atoms with Crippen LogP contribution in [-0.4, -0.2) is 17.5 Å². The van der Waals surface area contributed by atoms with Crippen LogP contribution in [0.1, 0.15) is 65.2 Å². The van der Waals surface area contributed by atoms with Gasteiger partial charge >= 0.3 is 0 Å². The molecule has 0 aromatic rings. The van der Waals surface area contributed by atoms with Gasteiger partial charge in [-0.05, 0) is 37.5 Å². The lowest BCUT2D eigenvalue weighted by molar-refractivity contribution is -0.122. The summed E-state index contributed by atoms with van der Waals surface area (Å²) in [4.78, 5) is 12.0. The van der Waals surface area contributed by atoms with Crippen molar-refractivity contribution < 1.29 is 4.79 Å². The smallest absolute Gasteiger partial charge is 0.222 e. The van der Waals surface area contributed by atoms with Crippen LogP contribution in [0, 0.1) is 5.41 Å². The Labute approximate surface area is 105 Å². The maximum atomic E-state index is 12.0. The van der Waals surface area contributed by atoms with Crippen molar-refractivity contribution >= 4 is 5.91 Å². The van der Waals surface area contributed by atoms with Gasteiger partial charge in [-0.2, -0.15) is 0 Å². The first-order chi connectivity index (χ1) is 7.89. The summed E-state index contributed by atoms with van der Waals surface area (Å²) in [7, 11) is 0. The molecule has 17 heavy (non-hydrogen) atoms. The third kappa shape index (κ3) is 3.44. The van der Waals surface area contributed by atoms with Crippen LogP contribution in [0.25, 0.3) is 0 Å². The Kier molecular flexibility index (Phi) is 3.48. The Balaban J connectivity index is 1.78. The van der Waals surface area contributed by atoms with E-state index in [1.807, 2.05) is 0 Å². The molecule has 0 aromatic heterocycles. The molecule has 2 aliphatic carbocycles. The molecule has 1 atom stereocenters. The Morgan fingerprint density at radius 2 is 1.94 bits per heavy atom. The fraction of sp³-hybridized carbons (Fsp3) is 0.929. The first-order valence-corrected chi connectivity index (χ1v) is 6.97. The predicted molar refractivity (Wildman–Crippen MR) is 69.6 cm³/mol. The zero-order valence-electron chi connectivity index (χ0n) is 11.2. The van der Waals surface area contributed by atoms with Crippen LogP contribution in [0.15, 0.2) is 0 Å². The summed E-state index contributed by atoms with van der Waals surface area (Å²) >= 11 is 0. The van der Waals surface area contributed by atoms with Crippen molar-refractivity contribution in [2.24, 2.45) is 11.1 Å².